The minimum atomic E-state index is 0.284. The lowest BCUT2D eigenvalue weighted by atomic mass is 9.86. The first-order valence-electron chi connectivity index (χ1n) is 9.87. The van der Waals surface area contributed by atoms with Crippen LogP contribution in [0, 0.1) is 5.92 Å². The monoisotopic (exact) mass is 373 g/mol. The van der Waals surface area contributed by atoms with Crippen molar-refractivity contribution in [1.82, 2.24) is 14.9 Å². The number of hydrogen-bond donors (Lipinski definition) is 0. The molecular weight excluding hydrogens is 346 g/mol. The first-order chi connectivity index (χ1) is 12.7. The summed E-state index contributed by atoms with van der Waals surface area (Å²) in [7, 11) is 4.36. The molecule has 26 heavy (non-hydrogen) atoms. The Labute approximate surface area is 158 Å². The van der Waals surface area contributed by atoms with Gasteiger partial charge >= 0.3 is 0 Å². The maximum Gasteiger partial charge on any atom is 0.225 e. The van der Waals surface area contributed by atoms with Gasteiger partial charge in [-0.1, -0.05) is 0 Å². The van der Waals surface area contributed by atoms with Crippen molar-refractivity contribution < 1.29 is 9.47 Å². The van der Waals surface area contributed by atoms with E-state index >= 15 is 0 Å². The lowest BCUT2D eigenvalue weighted by molar-refractivity contribution is -0.0445. The fourth-order valence-electron chi connectivity index (χ4n) is 4.87. The van der Waals surface area contributed by atoms with Crippen molar-refractivity contribution in [2.75, 3.05) is 27.3 Å². The van der Waals surface area contributed by atoms with E-state index < -0.39 is 0 Å². The van der Waals surface area contributed by atoms with Crippen LogP contribution < -0.4 is 4.74 Å². The highest BCUT2D eigenvalue weighted by atomic mass is 32.1. The largest absolute Gasteiger partial charge is 0.474 e. The van der Waals surface area contributed by atoms with Gasteiger partial charge in [0.25, 0.3) is 0 Å². The molecule has 0 bridgehead atoms. The van der Waals surface area contributed by atoms with Crippen LogP contribution in [0.1, 0.15) is 48.5 Å². The van der Waals surface area contributed by atoms with Crippen LogP contribution in [0.2, 0.25) is 0 Å². The fourth-order valence-corrected chi connectivity index (χ4v) is 6.08. The van der Waals surface area contributed by atoms with Gasteiger partial charge in [0, 0.05) is 16.8 Å². The van der Waals surface area contributed by atoms with Crippen LogP contribution >= 0.6 is 11.3 Å². The molecule has 0 radical (unpaired) electrons. The van der Waals surface area contributed by atoms with E-state index in [-0.39, 0.29) is 6.10 Å². The Kier molecular flexibility index (Phi) is 4.38. The van der Waals surface area contributed by atoms with Gasteiger partial charge in [0.1, 0.15) is 17.3 Å². The third-order valence-electron chi connectivity index (χ3n) is 6.51. The van der Waals surface area contributed by atoms with E-state index in [0.717, 1.165) is 36.8 Å². The summed E-state index contributed by atoms with van der Waals surface area (Å²) >= 11 is 1.84. The summed E-state index contributed by atoms with van der Waals surface area (Å²) in [5.74, 6) is 2.09. The van der Waals surface area contributed by atoms with Gasteiger partial charge in [0.15, 0.2) is 0 Å². The van der Waals surface area contributed by atoms with E-state index in [9.17, 15) is 0 Å². The number of hydrogen-bond acceptors (Lipinski definition) is 6. The van der Waals surface area contributed by atoms with E-state index in [1.165, 1.54) is 41.5 Å². The Bertz CT molecular complexity index is 794. The van der Waals surface area contributed by atoms with Crippen LogP contribution in [0.5, 0.6) is 5.88 Å². The van der Waals surface area contributed by atoms with Gasteiger partial charge in [-0.2, -0.15) is 0 Å². The van der Waals surface area contributed by atoms with Crippen molar-refractivity contribution in [2.45, 2.75) is 56.6 Å². The lowest BCUT2D eigenvalue weighted by Crippen LogP contribution is -2.35. The van der Waals surface area contributed by atoms with Gasteiger partial charge in [-0.3, -0.25) is 0 Å². The highest BCUT2D eigenvalue weighted by molar-refractivity contribution is 7.19. The average molecular weight is 374 g/mol. The molecule has 0 spiro atoms. The van der Waals surface area contributed by atoms with Gasteiger partial charge in [0.2, 0.25) is 5.88 Å². The van der Waals surface area contributed by atoms with Crippen LogP contribution in [0.4, 0.5) is 0 Å². The Morgan fingerprint density at radius 2 is 1.92 bits per heavy atom. The topological polar surface area (TPSA) is 47.5 Å². The summed E-state index contributed by atoms with van der Waals surface area (Å²) in [4.78, 5) is 14.1. The second-order valence-corrected chi connectivity index (χ2v) is 9.34. The molecule has 1 saturated heterocycles. The standard InChI is InChI=1S/C20H27N3O2S/c1-23(2)13-3-5-14(6-4-13)25-19-18-17-15(12-9-24-10-12)7-8-16(17)26-20(18)22-11-21-19/h11-15H,3-10H2,1-2H3/t13?,14?,15-/m1/s1. The Balaban J connectivity index is 1.42. The van der Waals surface area contributed by atoms with E-state index in [1.54, 1.807) is 6.33 Å². The highest BCUT2D eigenvalue weighted by Gasteiger charge is 2.38. The van der Waals surface area contributed by atoms with Crippen molar-refractivity contribution in [2.24, 2.45) is 5.92 Å². The number of aromatic nitrogens is 2. The number of ether oxygens (including phenoxy) is 2. The number of rotatable bonds is 4. The Hall–Kier alpha value is -1.24. The zero-order valence-corrected chi connectivity index (χ0v) is 16.4. The second-order valence-electron chi connectivity index (χ2n) is 8.25. The molecule has 0 aromatic carbocycles. The molecular formula is C20H27N3O2S. The quantitative estimate of drug-likeness (QED) is 0.819. The molecule has 0 N–H and O–H groups in total. The minimum absolute atomic E-state index is 0.284. The molecule has 3 aliphatic rings. The summed E-state index contributed by atoms with van der Waals surface area (Å²) in [5, 5.41) is 1.21. The fraction of sp³-hybridized carbons (Fsp3) is 0.700. The average Bonchev–Trinajstić information content (AvgIpc) is 3.14. The molecule has 3 heterocycles. The summed E-state index contributed by atoms with van der Waals surface area (Å²) in [6, 6.07) is 0.689. The Morgan fingerprint density at radius 1 is 1.12 bits per heavy atom. The molecule has 2 aromatic rings. The zero-order chi connectivity index (χ0) is 17.7. The van der Waals surface area contributed by atoms with Gasteiger partial charge < -0.3 is 14.4 Å². The minimum Gasteiger partial charge on any atom is -0.474 e. The molecule has 5 rings (SSSR count). The molecule has 1 aliphatic heterocycles. The molecule has 5 nitrogen and oxygen atoms in total. The number of fused-ring (bicyclic) bond motifs is 3. The predicted octanol–water partition coefficient (Wildman–Crippen LogP) is 3.62. The summed E-state index contributed by atoms with van der Waals surface area (Å²) in [6.07, 6.45) is 9.01. The lowest BCUT2D eigenvalue weighted by Gasteiger charge is -2.33. The molecule has 2 fully saturated rings. The van der Waals surface area contributed by atoms with Crippen molar-refractivity contribution in [3.63, 3.8) is 0 Å². The molecule has 2 aliphatic carbocycles. The van der Waals surface area contributed by atoms with Gasteiger partial charge in [0.05, 0.1) is 18.6 Å². The molecule has 0 unspecified atom stereocenters. The number of nitrogens with zero attached hydrogens (tertiary/aromatic N) is 3. The normalized spacial score (nSPS) is 29.1. The van der Waals surface area contributed by atoms with Gasteiger partial charge in [-0.05, 0) is 64.1 Å². The second kappa shape index (κ2) is 6.73. The maximum atomic E-state index is 6.47. The predicted molar refractivity (Wildman–Crippen MR) is 103 cm³/mol. The number of aryl methyl sites for hydroxylation is 1. The van der Waals surface area contributed by atoms with Crippen LogP contribution in [0.3, 0.4) is 0 Å². The van der Waals surface area contributed by atoms with E-state index in [1.807, 2.05) is 11.3 Å². The molecule has 140 valence electrons. The maximum absolute atomic E-state index is 6.47. The molecule has 1 atom stereocenters. The first kappa shape index (κ1) is 16.9. The molecule has 6 heteroatoms. The van der Waals surface area contributed by atoms with Gasteiger partial charge in [-0.25, -0.2) is 9.97 Å². The summed E-state index contributed by atoms with van der Waals surface area (Å²) in [5.41, 5.74) is 1.48. The van der Waals surface area contributed by atoms with Crippen molar-refractivity contribution in [3.05, 3.63) is 16.8 Å². The van der Waals surface area contributed by atoms with Crippen LogP contribution in [-0.2, 0) is 11.2 Å². The van der Waals surface area contributed by atoms with E-state index in [0.29, 0.717) is 17.9 Å². The highest BCUT2D eigenvalue weighted by Crippen LogP contribution is 2.50. The van der Waals surface area contributed by atoms with Crippen molar-refractivity contribution in [1.29, 1.82) is 0 Å². The Morgan fingerprint density at radius 3 is 2.62 bits per heavy atom. The number of thiophene rings is 1. The van der Waals surface area contributed by atoms with E-state index in [2.05, 4.69) is 29.0 Å². The molecule has 1 saturated carbocycles. The van der Waals surface area contributed by atoms with Crippen molar-refractivity contribution >= 4 is 21.6 Å². The molecule has 2 aromatic heterocycles. The van der Waals surface area contributed by atoms with E-state index in [4.69, 9.17) is 9.47 Å². The third-order valence-corrected chi connectivity index (χ3v) is 7.68. The zero-order valence-electron chi connectivity index (χ0n) is 15.6. The third kappa shape index (κ3) is 2.83. The van der Waals surface area contributed by atoms with Crippen LogP contribution in [0.25, 0.3) is 10.2 Å². The van der Waals surface area contributed by atoms with Crippen LogP contribution in [0.15, 0.2) is 6.33 Å². The van der Waals surface area contributed by atoms with Crippen molar-refractivity contribution in [3.8, 4) is 5.88 Å². The van der Waals surface area contributed by atoms with Crippen LogP contribution in [-0.4, -0.2) is 54.3 Å². The first-order valence-corrected chi connectivity index (χ1v) is 10.7. The molecule has 0 amide bonds. The summed E-state index contributed by atoms with van der Waals surface area (Å²) < 4.78 is 11.9. The van der Waals surface area contributed by atoms with Gasteiger partial charge in [-0.15, -0.1) is 11.3 Å². The summed E-state index contributed by atoms with van der Waals surface area (Å²) in [6.45, 7) is 1.81. The smallest absolute Gasteiger partial charge is 0.225 e. The SMILES string of the molecule is CN(C)C1CCC(Oc2ncnc3sc4c(c23)[C@@H](C2COC2)CC4)CC1.